The smallest absolute Gasteiger partial charge is 0.326 e. The third-order valence-electron chi connectivity index (χ3n) is 6.56. The Labute approximate surface area is 182 Å². The molecule has 0 radical (unpaired) electrons. The van der Waals surface area contributed by atoms with E-state index in [0.717, 1.165) is 37.3 Å². The molecule has 1 aromatic rings. The van der Waals surface area contributed by atoms with Crippen LogP contribution in [0.1, 0.15) is 51.0 Å². The Kier molecular flexibility index (Phi) is 7.77. The van der Waals surface area contributed by atoms with Crippen molar-refractivity contribution in [1.82, 2.24) is 10.2 Å². The van der Waals surface area contributed by atoms with Gasteiger partial charge in [-0.15, -0.1) is 0 Å². The zero-order valence-electron chi connectivity index (χ0n) is 17.8. The molecule has 7 heteroatoms. The highest BCUT2D eigenvalue weighted by molar-refractivity contribution is 6.00. The molecule has 1 aliphatic carbocycles. The number of carbonyl (C=O) groups is 3. The minimum absolute atomic E-state index is 0.0556. The average molecular weight is 427 g/mol. The number of benzene rings is 1. The second kappa shape index (κ2) is 10.5. The molecule has 2 fully saturated rings. The molecule has 0 bridgehead atoms. The van der Waals surface area contributed by atoms with Gasteiger partial charge in [0.05, 0.1) is 18.2 Å². The van der Waals surface area contributed by atoms with Gasteiger partial charge in [-0.1, -0.05) is 43.2 Å². The summed E-state index contributed by atoms with van der Waals surface area (Å²) in [6.45, 7) is 1.66. The Morgan fingerprint density at radius 3 is 2.61 bits per heavy atom. The van der Waals surface area contributed by atoms with E-state index in [9.17, 15) is 24.3 Å². The monoisotopic (exact) mass is 426 g/mol. The van der Waals surface area contributed by atoms with Gasteiger partial charge in [0.2, 0.25) is 5.91 Å². The minimum Gasteiger partial charge on any atom is -0.480 e. The molecule has 166 valence electrons. The summed E-state index contributed by atoms with van der Waals surface area (Å²) in [5.41, 5.74) is 1.05. The lowest BCUT2D eigenvalue weighted by Crippen LogP contribution is -2.55. The van der Waals surface area contributed by atoms with E-state index in [4.69, 9.17) is 0 Å². The summed E-state index contributed by atoms with van der Waals surface area (Å²) in [5, 5.41) is 12.8. The highest BCUT2D eigenvalue weighted by Crippen LogP contribution is 2.40. The number of carbonyl (C=O) groups excluding carboxylic acids is 3. The van der Waals surface area contributed by atoms with Crippen LogP contribution in [0.15, 0.2) is 36.4 Å². The maximum Gasteiger partial charge on any atom is 0.326 e. The Morgan fingerprint density at radius 2 is 1.94 bits per heavy atom. The van der Waals surface area contributed by atoms with Gasteiger partial charge < -0.3 is 10.0 Å². The molecule has 0 unspecified atom stereocenters. The standard InChI is InChI=1S/C24H30N2O5/c1-16(23(29)26-20-10-6-5-9-18(20)15-21(26)24(30)31)25-19(22(28)13-14-27)12-11-17-7-3-2-4-8-17/h2-4,7-8,13,16,18-21,25H,5-6,9-12,15H2,1H3,(H,30,31)/t16-,18+,19-,20-,21-/m0/s1. The van der Waals surface area contributed by atoms with Crippen LogP contribution in [-0.2, 0) is 25.6 Å². The number of nitrogens with one attached hydrogen (secondary N) is 1. The van der Waals surface area contributed by atoms with Crippen LogP contribution in [0.25, 0.3) is 0 Å². The highest BCUT2D eigenvalue weighted by Gasteiger charge is 2.48. The van der Waals surface area contributed by atoms with E-state index >= 15 is 0 Å². The molecule has 1 amide bonds. The van der Waals surface area contributed by atoms with Crippen molar-refractivity contribution >= 4 is 23.6 Å². The number of carboxylic acids is 1. The summed E-state index contributed by atoms with van der Waals surface area (Å²) in [5.74, 6) is 0.0408. The molecule has 1 aliphatic heterocycles. The third kappa shape index (κ3) is 5.49. The number of fused-ring (bicyclic) bond motifs is 1. The number of rotatable bonds is 9. The van der Waals surface area contributed by atoms with Crippen molar-refractivity contribution in [1.29, 1.82) is 0 Å². The van der Waals surface area contributed by atoms with Crippen LogP contribution in [0.4, 0.5) is 0 Å². The fraction of sp³-hybridized carbons (Fsp3) is 0.542. The van der Waals surface area contributed by atoms with Crippen molar-refractivity contribution in [3.8, 4) is 0 Å². The van der Waals surface area contributed by atoms with E-state index in [-0.39, 0.29) is 17.9 Å². The maximum atomic E-state index is 13.3. The quantitative estimate of drug-likeness (QED) is 0.463. The van der Waals surface area contributed by atoms with Crippen LogP contribution in [-0.4, -0.2) is 57.8 Å². The number of hydrogen-bond acceptors (Lipinski definition) is 5. The van der Waals surface area contributed by atoms with Crippen molar-refractivity contribution in [2.75, 3.05) is 0 Å². The van der Waals surface area contributed by atoms with Crippen LogP contribution in [0, 0.1) is 5.92 Å². The van der Waals surface area contributed by atoms with Crippen LogP contribution < -0.4 is 5.32 Å². The molecule has 0 spiro atoms. The molecule has 0 aromatic heterocycles. The van der Waals surface area contributed by atoms with Crippen molar-refractivity contribution in [3.05, 3.63) is 42.0 Å². The third-order valence-corrected chi connectivity index (χ3v) is 6.56. The maximum absolute atomic E-state index is 13.3. The molecule has 7 nitrogen and oxygen atoms in total. The summed E-state index contributed by atoms with van der Waals surface area (Å²) < 4.78 is 0. The first-order valence-corrected chi connectivity index (χ1v) is 11.0. The van der Waals surface area contributed by atoms with Gasteiger partial charge in [0.1, 0.15) is 12.0 Å². The predicted octanol–water partition coefficient (Wildman–Crippen LogP) is 2.17. The number of carboxylic acid groups (broad SMARTS) is 1. The van der Waals surface area contributed by atoms with Gasteiger partial charge in [0.25, 0.3) is 0 Å². The molecule has 1 saturated heterocycles. The minimum atomic E-state index is -0.976. The first-order valence-electron chi connectivity index (χ1n) is 11.0. The summed E-state index contributed by atoms with van der Waals surface area (Å²) in [6.07, 6.45) is 6.17. The zero-order valence-corrected chi connectivity index (χ0v) is 17.8. The van der Waals surface area contributed by atoms with Gasteiger partial charge in [-0.2, -0.15) is 0 Å². The van der Waals surface area contributed by atoms with Crippen molar-refractivity contribution < 1.29 is 24.3 Å². The summed E-state index contributed by atoms with van der Waals surface area (Å²) >= 11 is 0. The van der Waals surface area contributed by atoms with Gasteiger partial charge in [0, 0.05) is 6.04 Å². The number of hydrogen-bond donors (Lipinski definition) is 2. The van der Waals surface area contributed by atoms with Crippen molar-refractivity contribution in [3.63, 3.8) is 0 Å². The van der Waals surface area contributed by atoms with Crippen molar-refractivity contribution in [2.45, 2.75) is 76.0 Å². The van der Waals surface area contributed by atoms with E-state index in [2.05, 4.69) is 5.32 Å². The molecule has 3 rings (SSSR count). The second-order valence-corrected chi connectivity index (χ2v) is 8.58. The molecule has 2 aliphatic rings. The molecule has 5 atom stereocenters. The Hall–Kier alpha value is -2.76. The van der Waals surface area contributed by atoms with Crippen molar-refractivity contribution in [2.24, 2.45) is 5.92 Å². The number of nitrogens with zero attached hydrogens (tertiary/aromatic N) is 1. The number of likely N-dealkylation sites (tertiary alicyclic amines) is 1. The Morgan fingerprint density at radius 1 is 1.23 bits per heavy atom. The predicted molar refractivity (Wildman–Crippen MR) is 115 cm³/mol. The molecule has 1 aromatic carbocycles. The van der Waals surface area contributed by atoms with Crippen LogP contribution >= 0.6 is 0 Å². The molecular weight excluding hydrogens is 396 g/mol. The van der Waals surface area contributed by atoms with Crippen LogP contribution in [0.5, 0.6) is 0 Å². The number of aliphatic carboxylic acids is 1. The summed E-state index contributed by atoms with van der Waals surface area (Å²) in [4.78, 5) is 49.9. The zero-order chi connectivity index (χ0) is 22.4. The Balaban J connectivity index is 1.72. The van der Waals surface area contributed by atoms with Gasteiger partial charge in [-0.25, -0.2) is 9.59 Å². The van der Waals surface area contributed by atoms with E-state index in [1.807, 2.05) is 30.3 Å². The van der Waals surface area contributed by atoms with E-state index in [1.165, 1.54) is 10.8 Å². The highest BCUT2D eigenvalue weighted by atomic mass is 16.4. The average Bonchev–Trinajstić information content (AvgIpc) is 3.16. The first-order chi connectivity index (χ1) is 14.9. The number of ketones is 1. The van der Waals surface area contributed by atoms with Gasteiger partial charge in [-0.05, 0) is 50.5 Å². The number of amides is 1. The van der Waals surface area contributed by atoms with Gasteiger partial charge >= 0.3 is 5.97 Å². The largest absolute Gasteiger partial charge is 0.480 e. The second-order valence-electron chi connectivity index (χ2n) is 8.58. The van der Waals surface area contributed by atoms with Gasteiger partial charge in [0.15, 0.2) is 5.78 Å². The topological polar surface area (TPSA) is 104 Å². The van der Waals surface area contributed by atoms with Crippen LogP contribution in [0.3, 0.4) is 0 Å². The first kappa shape index (κ1) is 22.9. The molecule has 1 heterocycles. The molecular formula is C24H30N2O5. The molecule has 2 N–H and O–H groups in total. The van der Waals surface area contributed by atoms with E-state index in [0.29, 0.717) is 19.3 Å². The lowest BCUT2D eigenvalue weighted by atomic mass is 9.84. The van der Waals surface area contributed by atoms with Crippen LogP contribution in [0.2, 0.25) is 0 Å². The Bertz CT molecular complexity index is 849. The number of aryl methyl sites for hydroxylation is 1. The summed E-state index contributed by atoms with van der Waals surface area (Å²) in [7, 11) is 0. The molecule has 31 heavy (non-hydrogen) atoms. The van der Waals surface area contributed by atoms with E-state index < -0.39 is 29.9 Å². The lowest BCUT2D eigenvalue weighted by Gasteiger charge is -2.35. The fourth-order valence-corrected chi connectivity index (χ4v) is 5.02. The fourth-order valence-electron chi connectivity index (χ4n) is 5.02. The summed E-state index contributed by atoms with van der Waals surface area (Å²) in [6, 6.07) is 7.30. The lowest BCUT2D eigenvalue weighted by molar-refractivity contribution is -0.150. The molecule has 1 saturated carbocycles. The SMILES string of the molecule is C[C@H](N[C@@H](CCc1ccccc1)C(=O)C=C=O)C(=O)N1[C@H](C(=O)O)C[C@H]2CCCC[C@@H]21. The van der Waals surface area contributed by atoms with E-state index in [1.54, 1.807) is 6.92 Å². The van der Waals surface area contributed by atoms with Gasteiger partial charge in [-0.3, -0.25) is 14.9 Å². The normalized spacial score (nSPS) is 24.5.